The first-order valence-electron chi connectivity index (χ1n) is 8.75. The van der Waals surface area contributed by atoms with Crippen LogP contribution in [0.25, 0.3) is 0 Å². The molecular weight excluding hydrogens is 284 g/mol. The monoisotopic (exact) mass is 314 g/mol. The van der Waals surface area contributed by atoms with Crippen LogP contribution in [0, 0.1) is 0 Å². The number of amides is 1. The van der Waals surface area contributed by atoms with Crippen LogP contribution in [-0.4, -0.2) is 19.0 Å². The number of hydrogen-bond donors (Lipinski definition) is 2. The molecule has 1 aromatic carbocycles. The zero-order valence-electron chi connectivity index (χ0n) is 14.7. The molecule has 0 fully saturated rings. The molecule has 0 unspecified atom stereocenters. The SMILES string of the molecule is CC(C)(C)c1ccccc1NCC(=O)NCCC1=CCCCC1. The lowest BCUT2D eigenvalue weighted by Gasteiger charge is -2.23. The Labute approximate surface area is 140 Å². The van der Waals surface area contributed by atoms with E-state index in [-0.39, 0.29) is 11.3 Å². The molecule has 1 aliphatic carbocycles. The predicted octanol–water partition coefficient (Wildman–Crippen LogP) is 4.40. The molecule has 0 saturated heterocycles. The van der Waals surface area contributed by atoms with E-state index in [0.717, 1.165) is 18.7 Å². The molecule has 3 nitrogen and oxygen atoms in total. The summed E-state index contributed by atoms with van der Waals surface area (Å²) in [6.07, 6.45) is 8.34. The molecular formula is C20H30N2O. The summed E-state index contributed by atoms with van der Waals surface area (Å²) in [6.45, 7) is 7.63. The highest BCUT2D eigenvalue weighted by atomic mass is 16.1. The number of carbonyl (C=O) groups is 1. The minimum Gasteiger partial charge on any atom is -0.376 e. The Balaban J connectivity index is 1.77. The summed E-state index contributed by atoms with van der Waals surface area (Å²) in [5.41, 5.74) is 3.85. The van der Waals surface area contributed by atoms with Gasteiger partial charge in [-0.2, -0.15) is 0 Å². The fourth-order valence-corrected chi connectivity index (χ4v) is 3.02. The highest BCUT2D eigenvalue weighted by molar-refractivity contribution is 5.81. The standard InChI is InChI=1S/C20H30N2O/c1-20(2,3)17-11-7-8-12-18(17)22-15-19(23)21-14-13-16-9-5-4-6-10-16/h7-9,11-12,22H,4-6,10,13-15H2,1-3H3,(H,21,23). The van der Waals surface area contributed by atoms with Crippen molar-refractivity contribution in [3.63, 3.8) is 0 Å². The van der Waals surface area contributed by atoms with Crippen LogP contribution in [-0.2, 0) is 10.2 Å². The topological polar surface area (TPSA) is 41.1 Å². The summed E-state index contributed by atoms with van der Waals surface area (Å²) in [6, 6.07) is 8.21. The number of anilines is 1. The van der Waals surface area contributed by atoms with Crippen LogP contribution in [0.1, 0.15) is 58.4 Å². The van der Waals surface area contributed by atoms with Crippen LogP contribution in [0.3, 0.4) is 0 Å². The zero-order valence-corrected chi connectivity index (χ0v) is 14.7. The molecule has 0 radical (unpaired) electrons. The van der Waals surface area contributed by atoms with Crippen molar-refractivity contribution in [1.82, 2.24) is 5.32 Å². The maximum absolute atomic E-state index is 12.0. The molecule has 0 saturated carbocycles. The Morgan fingerprint density at radius 1 is 1.17 bits per heavy atom. The number of rotatable bonds is 6. The van der Waals surface area contributed by atoms with Gasteiger partial charge < -0.3 is 10.6 Å². The Bertz CT molecular complexity index is 555. The van der Waals surface area contributed by atoms with Gasteiger partial charge in [0.05, 0.1) is 6.54 Å². The van der Waals surface area contributed by atoms with Gasteiger partial charge in [-0.3, -0.25) is 4.79 Å². The van der Waals surface area contributed by atoms with E-state index >= 15 is 0 Å². The van der Waals surface area contributed by atoms with Crippen molar-refractivity contribution in [2.24, 2.45) is 0 Å². The minimum atomic E-state index is 0.0603. The van der Waals surface area contributed by atoms with Gasteiger partial charge in [-0.15, -0.1) is 0 Å². The Morgan fingerprint density at radius 3 is 2.65 bits per heavy atom. The van der Waals surface area contributed by atoms with Crippen molar-refractivity contribution in [2.45, 2.75) is 58.3 Å². The van der Waals surface area contributed by atoms with Crippen molar-refractivity contribution in [3.8, 4) is 0 Å². The van der Waals surface area contributed by atoms with Crippen LogP contribution < -0.4 is 10.6 Å². The van der Waals surface area contributed by atoms with Crippen LogP contribution >= 0.6 is 0 Å². The molecule has 0 aliphatic heterocycles. The summed E-state index contributed by atoms with van der Waals surface area (Å²) in [5, 5.41) is 6.30. The first-order valence-corrected chi connectivity index (χ1v) is 8.75. The van der Waals surface area contributed by atoms with Crippen LogP contribution in [0.15, 0.2) is 35.9 Å². The smallest absolute Gasteiger partial charge is 0.239 e. The van der Waals surface area contributed by atoms with E-state index in [2.05, 4.69) is 43.5 Å². The van der Waals surface area contributed by atoms with E-state index in [9.17, 15) is 4.79 Å². The van der Waals surface area contributed by atoms with E-state index < -0.39 is 0 Å². The average molecular weight is 314 g/mol. The Morgan fingerprint density at radius 2 is 1.96 bits per heavy atom. The van der Waals surface area contributed by atoms with Crippen molar-refractivity contribution in [2.75, 3.05) is 18.4 Å². The molecule has 1 amide bonds. The molecule has 23 heavy (non-hydrogen) atoms. The molecule has 0 aromatic heterocycles. The van der Waals surface area contributed by atoms with E-state index in [1.54, 1.807) is 0 Å². The molecule has 1 aromatic rings. The second kappa shape index (κ2) is 8.19. The first kappa shape index (κ1) is 17.6. The molecule has 1 aliphatic rings. The van der Waals surface area contributed by atoms with Gasteiger partial charge in [-0.25, -0.2) is 0 Å². The fraction of sp³-hybridized carbons (Fsp3) is 0.550. The highest BCUT2D eigenvalue weighted by Gasteiger charge is 2.17. The molecule has 2 N–H and O–H groups in total. The summed E-state index contributed by atoms with van der Waals surface area (Å²) < 4.78 is 0. The summed E-state index contributed by atoms with van der Waals surface area (Å²) in [5.74, 6) is 0.0603. The normalized spacial score (nSPS) is 15.0. The number of nitrogens with one attached hydrogen (secondary N) is 2. The number of carbonyl (C=O) groups excluding carboxylic acids is 1. The number of allylic oxidation sites excluding steroid dienone is 1. The van der Waals surface area contributed by atoms with Gasteiger partial charge >= 0.3 is 0 Å². The van der Waals surface area contributed by atoms with Crippen molar-refractivity contribution < 1.29 is 4.79 Å². The lowest BCUT2D eigenvalue weighted by Crippen LogP contribution is -2.31. The van der Waals surface area contributed by atoms with E-state index in [1.807, 2.05) is 18.2 Å². The maximum Gasteiger partial charge on any atom is 0.239 e. The third-order valence-corrected chi connectivity index (χ3v) is 4.33. The summed E-state index contributed by atoms with van der Waals surface area (Å²) in [7, 11) is 0. The molecule has 2 rings (SSSR count). The third-order valence-electron chi connectivity index (χ3n) is 4.33. The van der Waals surface area contributed by atoms with Gasteiger partial charge in [0.25, 0.3) is 0 Å². The first-order chi connectivity index (χ1) is 11.0. The second-order valence-electron chi connectivity index (χ2n) is 7.36. The molecule has 0 spiro atoms. The second-order valence-corrected chi connectivity index (χ2v) is 7.36. The molecule has 126 valence electrons. The van der Waals surface area contributed by atoms with Gasteiger partial charge in [-0.1, -0.05) is 50.6 Å². The van der Waals surface area contributed by atoms with Gasteiger partial charge in [-0.05, 0) is 49.1 Å². The highest BCUT2D eigenvalue weighted by Crippen LogP contribution is 2.29. The van der Waals surface area contributed by atoms with Crippen molar-refractivity contribution in [1.29, 1.82) is 0 Å². The molecule has 3 heteroatoms. The lowest BCUT2D eigenvalue weighted by atomic mass is 9.86. The number of para-hydroxylation sites is 1. The van der Waals surface area contributed by atoms with E-state index in [1.165, 1.54) is 36.8 Å². The van der Waals surface area contributed by atoms with Crippen LogP contribution in [0.5, 0.6) is 0 Å². The summed E-state index contributed by atoms with van der Waals surface area (Å²) in [4.78, 5) is 12.0. The zero-order chi connectivity index (χ0) is 16.7. The van der Waals surface area contributed by atoms with Gasteiger partial charge in [0.1, 0.15) is 0 Å². The largest absolute Gasteiger partial charge is 0.376 e. The van der Waals surface area contributed by atoms with Crippen molar-refractivity contribution in [3.05, 3.63) is 41.5 Å². The minimum absolute atomic E-state index is 0.0603. The number of benzene rings is 1. The van der Waals surface area contributed by atoms with Gasteiger partial charge in [0.2, 0.25) is 5.91 Å². The quantitative estimate of drug-likeness (QED) is 0.764. The third kappa shape index (κ3) is 5.74. The Hall–Kier alpha value is -1.77. The van der Waals surface area contributed by atoms with E-state index in [0.29, 0.717) is 6.54 Å². The number of hydrogen-bond acceptors (Lipinski definition) is 2. The summed E-state index contributed by atoms with van der Waals surface area (Å²) >= 11 is 0. The van der Waals surface area contributed by atoms with Gasteiger partial charge in [0, 0.05) is 12.2 Å². The molecule has 0 bridgehead atoms. The van der Waals surface area contributed by atoms with Crippen LogP contribution in [0.4, 0.5) is 5.69 Å². The Kier molecular flexibility index (Phi) is 6.26. The predicted molar refractivity (Wildman–Crippen MR) is 97.8 cm³/mol. The van der Waals surface area contributed by atoms with Crippen molar-refractivity contribution >= 4 is 11.6 Å². The average Bonchev–Trinajstić information content (AvgIpc) is 2.53. The fourth-order valence-electron chi connectivity index (χ4n) is 3.02. The van der Waals surface area contributed by atoms with Crippen LogP contribution in [0.2, 0.25) is 0 Å². The van der Waals surface area contributed by atoms with E-state index in [4.69, 9.17) is 0 Å². The lowest BCUT2D eigenvalue weighted by molar-refractivity contribution is -0.119. The van der Waals surface area contributed by atoms with Gasteiger partial charge in [0.15, 0.2) is 0 Å². The maximum atomic E-state index is 12.0. The molecule has 0 atom stereocenters. The molecule has 0 heterocycles.